The van der Waals surface area contributed by atoms with Crippen LogP contribution in [0.3, 0.4) is 0 Å². The Labute approximate surface area is 87.8 Å². The van der Waals surface area contributed by atoms with Crippen molar-refractivity contribution in [1.82, 2.24) is 0 Å². The predicted molar refractivity (Wildman–Crippen MR) is 56.4 cm³/mol. The third-order valence-electron chi connectivity index (χ3n) is 1.97. The topological polar surface area (TPSA) is 40.2 Å². The standard InChI is InChI=1S/C9H20O4Si/c1-10-4-5-13-14-6-2-3-11-7-9-8-12-9/h9H,2-8,14H2,1H3. The highest BCUT2D eigenvalue weighted by Crippen LogP contribution is 2.08. The molecule has 0 saturated carbocycles. The number of epoxide rings is 1. The van der Waals surface area contributed by atoms with E-state index in [9.17, 15) is 0 Å². The third-order valence-corrected chi connectivity index (χ3v) is 3.33. The molecule has 0 aliphatic carbocycles. The average Bonchev–Trinajstić information content (AvgIpc) is 2.99. The third kappa shape index (κ3) is 7.46. The highest BCUT2D eigenvalue weighted by molar-refractivity contribution is 6.26. The van der Waals surface area contributed by atoms with E-state index < -0.39 is 0 Å². The van der Waals surface area contributed by atoms with Crippen LogP contribution in [-0.2, 0) is 18.6 Å². The van der Waals surface area contributed by atoms with Crippen molar-refractivity contribution in [3.63, 3.8) is 0 Å². The maximum Gasteiger partial charge on any atom is 0.161 e. The van der Waals surface area contributed by atoms with Crippen molar-refractivity contribution in [1.29, 1.82) is 0 Å². The summed E-state index contributed by atoms with van der Waals surface area (Å²) in [5, 5.41) is 0. The zero-order valence-electron chi connectivity index (χ0n) is 8.87. The first kappa shape index (κ1) is 12.1. The Morgan fingerprint density at radius 1 is 1.36 bits per heavy atom. The Morgan fingerprint density at radius 2 is 2.21 bits per heavy atom. The van der Waals surface area contributed by atoms with Crippen molar-refractivity contribution >= 4 is 9.76 Å². The van der Waals surface area contributed by atoms with E-state index in [0.717, 1.165) is 32.8 Å². The fourth-order valence-electron chi connectivity index (χ4n) is 1.03. The fourth-order valence-corrected chi connectivity index (χ4v) is 1.97. The molecule has 1 fully saturated rings. The van der Waals surface area contributed by atoms with Gasteiger partial charge in [-0.25, -0.2) is 0 Å². The molecule has 0 amide bonds. The molecule has 14 heavy (non-hydrogen) atoms. The van der Waals surface area contributed by atoms with Crippen LogP contribution in [0.25, 0.3) is 0 Å². The molecule has 0 spiro atoms. The van der Waals surface area contributed by atoms with Crippen molar-refractivity contribution < 1.29 is 18.6 Å². The second kappa shape index (κ2) is 8.37. The SMILES string of the molecule is COCCO[SiH2]CCCOCC1CO1. The Hall–Kier alpha value is 0.0569. The first-order chi connectivity index (χ1) is 6.93. The minimum absolute atomic E-state index is 0.332. The van der Waals surface area contributed by atoms with Crippen LogP contribution < -0.4 is 0 Å². The van der Waals surface area contributed by atoms with Crippen LogP contribution in [0.1, 0.15) is 6.42 Å². The maximum absolute atomic E-state index is 5.45. The zero-order chi connectivity index (χ0) is 10.1. The molecule has 0 bridgehead atoms. The molecule has 0 N–H and O–H groups in total. The van der Waals surface area contributed by atoms with E-state index in [1.54, 1.807) is 7.11 Å². The van der Waals surface area contributed by atoms with E-state index in [0.29, 0.717) is 12.7 Å². The first-order valence-electron chi connectivity index (χ1n) is 5.19. The van der Waals surface area contributed by atoms with Gasteiger partial charge < -0.3 is 18.6 Å². The van der Waals surface area contributed by atoms with Gasteiger partial charge in [-0.05, 0) is 12.5 Å². The van der Waals surface area contributed by atoms with E-state index >= 15 is 0 Å². The van der Waals surface area contributed by atoms with E-state index in [4.69, 9.17) is 18.6 Å². The van der Waals surface area contributed by atoms with Gasteiger partial charge in [-0.2, -0.15) is 0 Å². The Morgan fingerprint density at radius 3 is 2.93 bits per heavy atom. The van der Waals surface area contributed by atoms with Gasteiger partial charge in [-0.15, -0.1) is 0 Å². The van der Waals surface area contributed by atoms with E-state index in [2.05, 4.69) is 0 Å². The van der Waals surface area contributed by atoms with Crippen molar-refractivity contribution in [3.05, 3.63) is 0 Å². The smallest absolute Gasteiger partial charge is 0.161 e. The summed E-state index contributed by atoms with van der Waals surface area (Å²) < 4.78 is 20.8. The number of rotatable bonds is 10. The Bertz CT molecular complexity index is 130. The molecule has 1 aliphatic heterocycles. The van der Waals surface area contributed by atoms with Crippen LogP contribution in [0.15, 0.2) is 0 Å². The summed E-state index contributed by atoms with van der Waals surface area (Å²) in [7, 11) is 1.36. The van der Waals surface area contributed by atoms with Crippen molar-refractivity contribution in [2.24, 2.45) is 0 Å². The van der Waals surface area contributed by atoms with E-state index in [1.807, 2.05) is 0 Å². The lowest BCUT2D eigenvalue weighted by atomic mass is 10.5. The molecule has 0 radical (unpaired) electrons. The van der Waals surface area contributed by atoms with E-state index in [1.165, 1.54) is 6.04 Å². The molecule has 1 saturated heterocycles. The second-order valence-electron chi connectivity index (χ2n) is 3.34. The summed E-state index contributed by atoms with van der Waals surface area (Å²) in [6.45, 7) is 3.96. The monoisotopic (exact) mass is 220 g/mol. The van der Waals surface area contributed by atoms with Crippen molar-refractivity contribution in [3.8, 4) is 0 Å². The molecule has 4 nitrogen and oxygen atoms in total. The lowest BCUT2D eigenvalue weighted by Gasteiger charge is -2.03. The molecule has 5 heteroatoms. The average molecular weight is 220 g/mol. The van der Waals surface area contributed by atoms with Crippen LogP contribution in [0.5, 0.6) is 0 Å². The van der Waals surface area contributed by atoms with Crippen LogP contribution in [0.2, 0.25) is 6.04 Å². The van der Waals surface area contributed by atoms with Gasteiger partial charge in [0, 0.05) is 13.7 Å². The van der Waals surface area contributed by atoms with Crippen LogP contribution in [0, 0.1) is 0 Å². The fraction of sp³-hybridized carbons (Fsp3) is 1.00. The molecule has 1 aliphatic rings. The quantitative estimate of drug-likeness (QED) is 0.294. The van der Waals surface area contributed by atoms with Gasteiger partial charge in [-0.1, -0.05) is 0 Å². The highest BCUT2D eigenvalue weighted by Gasteiger charge is 2.21. The number of hydrogen-bond donors (Lipinski definition) is 0. The number of methoxy groups -OCH3 is 1. The van der Waals surface area contributed by atoms with Gasteiger partial charge in [0.1, 0.15) is 6.10 Å². The summed E-state index contributed by atoms with van der Waals surface area (Å²) in [6.07, 6.45) is 1.51. The summed E-state index contributed by atoms with van der Waals surface area (Å²) in [6, 6.07) is 1.19. The first-order valence-corrected chi connectivity index (χ1v) is 6.77. The van der Waals surface area contributed by atoms with Crippen molar-refractivity contribution in [2.45, 2.75) is 18.6 Å². The van der Waals surface area contributed by atoms with Crippen LogP contribution in [0.4, 0.5) is 0 Å². The van der Waals surface area contributed by atoms with Gasteiger partial charge in [0.15, 0.2) is 9.76 Å². The summed E-state index contributed by atoms with van der Waals surface area (Å²) in [4.78, 5) is 0. The maximum atomic E-state index is 5.45. The number of ether oxygens (including phenoxy) is 3. The molecule has 1 rings (SSSR count). The lowest BCUT2D eigenvalue weighted by Crippen LogP contribution is -2.07. The molecule has 1 heterocycles. The lowest BCUT2D eigenvalue weighted by molar-refractivity contribution is 0.116. The molecule has 1 atom stereocenters. The predicted octanol–water partition coefficient (Wildman–Crippen LogP) is -0.0430. The van der Waals surface area contributed by atoms with Crippen LogP contribution in [-0.4, -0.2) is 56.0 Å². The van der Waals surface area contributed by atoms with E-state index in [-0.39, 0.29) is 9.76 Å². The van der Waals surface area contributed by atoms with Gasteiger partial charge in [-0.3, -0.25) is 0 Å². The minimum Gasteiger partial charge on any atom is -0.422 e. The number of hydrogen-bond acceptors (Lipinski definition) is 4. The molecular weight excluding hydrogens is 200 g/mol. The molecule has 0 aromatic rings. The minimum atomic E-state index is -0.332. The second-order valence-corrected chi connectivity index (χ2v) is 4.87. The van der Waals surface area contributed by atoms with Gasteiger partial charge in [0.2, 0.25) is 0 Å². The van der Waals surface area contributed by atoms with Crippen LogP contribution >= 0.6 is 0 Å². The molecular formula is C9H20O4Si. The molecule has 84 valence electrons. The largest absolute Gasteiger partial charge is 0.422 e. The van der Waals surface area contributed by atoms with Crippen molar-refractivity contribution in [2.75, 3.05) is 40.1 Å². The molecule has 0 aromatic heterocycles. The van der Waals surface area contributed by atoms with Gasteiger partial charge in [0.05, 0.1) is 26.4 Å². The van der Waals surface area contributed by atoms with Gasteiger partial charge in [0.25, 0.3) is 0 Å². The summed E-state index contributed by atoms with van der Waals surface area (Å²) in [5.74, 6) is 0. The Kier molecular flexibility index (Phi) is 7.25. The summed E-state index contributed by atoms with van der Waals surface area (Å²) >= 11 is 0. The normalized spacial score (nSPS) is 20.8. The highest BCUT2D eigenvalue weighted by atomic mass is 28.2. The van der Waals surface area contributed by atoms with Gasteiger partial charge >= 0.3 is 0 Å². The Balaban J connectivity index is 1.63. The molecule has 0 aromatic carbocycles. The molecule has 1 unspecified atom stereocenters. The summed E-state index contributed by atoms with van der Waals surface area (Å²) in [5.41, 5.74) is 0. The zero-order valence-corrected chi connectivity index (χ0v) is 10.3.